The predicted octanol–water partition coefficient (Wildman–Crippen LogP) is 1.52. The van der Waals surface area contributed by atoms with E-state index < -0.39 is 12.1 Å². The van der Waals surface area contributed by atoms with E-state index in [4.69, 9.17) is 9.84 Å². The molecule has 1 fully saturated rings. The van der Waals surface area contributed by atoms with Crippen LogP contribution >= 0.6 is 0 Å². The lowest BCUT2D eigenvalue weighted by Gasteiger charge is -2.15. The summed E-state index contributed by atoms with van der Waals surface area (Å²) in [5.41, 5.74) is 1.04. The largest absolute Gasteiger partial charge is 0.465 e. The van der Waals surface area contributed by atoms with Gasteiger partial charge in [0.1, 0.15) is 6.29 Å². The van der Waals surface area contributed by atoms with Crippen molar-refractivity contribution in [1.82, 2.24) is 4.90 Å². The topological polar surface area (TPSA) is 66.8 Å². The van der Waals surface area contributed by atoms with Crippen LogP contribution in [0, 0.1) is 0 Å². The van der Waals surface area contributed by atoms with Gasteiger partial charge < -0.3 is 14.6 Å². The number of amides is 1. The molecule has 1 heterocycles. The second-order valence-electron chi connectivity index (χ2n) is 4.29. The van der Waals surface area contributed by atoms with Crippen molar-refractivity contribution < 1.29 is 19.4 Å². The molecule has 1 N–H and O–H groups in total. The molecule has 0 aliphatic carbocycles. The number of hydrogen-bond donors (Lipinski definition) is 1. The summed E-state index contributed by atoms with van der Waals surface area (Å²) in [4.78, 5) is 22.8. The summed E-state index contributed by atoms with van der Waals surface area (Å²) in [7, 11) is 0. The van der Waals surface area contributed by atoms with Gasteiger partial charge in [0, 0.05) is 6.42 Å². The number of rotatable bonds is 4. The molecule has 5 heteroatoms. The summed E-state index contributed by atoms with van der Waals surface area (Å²) in [6.45, 7) is 0.691. The predicted molar refractivity (Wildman–Crippen MR) is 64.2 cm³/mol. The van der Waals surface area contributed by atoms with E-state index in [2.05, 4.69) is 0 Å². The first-order valence-corrected chi connectivity index (χ1v) is 5.81. The number of aldehydes is 1. The molecule has 1 aliphatic heterocycles. The highest BCUT2D eigenvalue weighted by Crippen LogP contribution is 2.20. The van der Waals surface area contributed by atoms with Crippen LogP contribution in [0.25, 0.3) is 0 Å². The zero-order valence-corrected chi connectivity index (χ0v) is 9.86. The average molecular weight is 249 g/mol. The lowest BCUT2D eigenvalue weighted by molar-refractivity contribution is -0.111. The molecule has 0 spiro atoms. The Balaban J connectivity index is 1.88. The van der Waals surface area contributed by atoms with Crippen molar-refractivity contribution in [3.63, 3.8) is 0 Å². The molecule has 1 aromatic rings. The smallest absolute Gasteiger partial charge is 0.407 e. The monoisotopic (exact) mass is 249 g/mol. The van der Waals surface area contributed by atoms with E-state index in [1.54, 1.807) is 0 Å². The third-order valence-electron chi connectivity index (χ3n) is 3.04. The highest BCUT2D eigenvalue weighted by atomic mass is 16.5. The average Bonchev–Trinajstić information content (AvgIpc) is 2.81. The van der Waals surface area contributed by atoms with E-state index >= 15 is 0 Å². The van der Waals surface area contributed by atoms with Gasteiger partial charge in [-0.15, -0.1) is 0 Å². The SMILES string of the molecule is O=CC1CC(OCc2ccccc2)CN1C(=O)O. The molecule has 2 atom stereocenters. The van der Waals surface area contributed by atoms with Crippen LogP contribution in [-0.2, 0) is 16.1 Å². The number of carbonyl (C=O) groups is 2. The fourth-order valence-electron chi connectivity index (χ4n) is 2.08. The van der Waals surface area contributed by atoms with Gasteiger partial charge in [-0.2, -0.15) is 0 Å². The molecule has 1 saturated heterocycles. The maximum atomic E-state index is 10.9. The first-order valence-electron chi connectivity index (χ1n) is 5.81. The first kappa shape index (κ1) is 12.6. The molecule has 2 unspecified atom stereocenters. The minimum absolute atomic E-state index is 0.212. The lowest BCUT2D eigenvalue weighted by atomic mass is 10.2. The van der Waals surface area contributed by atoms with E-state index in [-0.39, 0.29) is 12.6 Å². The normalized spacial score (nSPS) is 23.0. The summed E-state index contributed by atoms with van der Waals surface area (Å²) in [5, 5.41) is 8.93. The van der Waals surface area contributed by atoms with Gasteiger partial charge in [0.2, 0.25) is 0 Å². The van der Waals surface area contributed by atoms with Crippen LogP contribution in [0.15, 0.2) is 30.3 Å². The van der Waals surface area contributed by atoms with E-state index in [0.717, 1.165) is 10.5 Å². The lowest BCUT2D eigenvalue weighted by Crippen LogP contribution is -2.35. The molecule has 0 saturated carbocycles. The minimum Gasteiger partial charge on any atom is -0.465 e. The minimum atomic E-state index is -1.07. The molecular weight excluding hydrogens is 234 g/mol. The van der Waals surface area contributed by atoms with Crippen molar-refractivity contribution in [1.29, 1.82) is 0 Å². The molecule has 96 valence electrons. The van der Waals surface area contributed by atoms with Gasteiger partial charge >= 0.3 is 6.09 Å². The van der Waals surface area contributed by atoms with Crippen molar-refractivity contribution in [3.8, 4) is 0 Å². The molecule has 1 aromatic carbocycles. The van der Waals surface area contributed by atoms with Crippen molar-refractivity contribution in [3.05, 3.63) is 35.9 Å². The van der Waals surface area contributed by atoms with Crippen molar-refractivity contribution in [2.45, 2.75) is 25.2 Å². The van der Waals surface area contributed by atoms with Crippen LogP contribution < -0.4 is 0 Å². The molecule has 0 radical (unpaired) electrons. The highest BCUT2D eigenvalue weighted by Gasteiger charge is 2.35. The summed E-state index contributed by atoms with van der Waals surface area (Å²) in [6, 6.07) is 9.08. The summed E-state index contributed by atoms with van der Waals surface area (Å²) < 4.78 is 5.64. The molecule has 1 amide bonds. The van der Waals surface area contributed by atoms with Crippen molar-refractivity contribution >= 4 is 12.4 Å². The number of nitrogens with zero attached hydrogens (tertiary/aromatic N) is 1. The molecule has 0 aromatic heterocycles. The summed E-state index contributed by atoms with van der Waals surface area (Å²) in [6.07, 6.45) is -0.183. The van der Waals surface area contributed by atoms with Crippen LogP contribution in [0.5, 0.6) is 0 Å². The van der Waals surface area contributed by atoms with Gasteiger partial charge in [-0.3, -0.25) is 4.90 Å². The van der Waals surface area contributed by atoms with Crippen LogP contribution in [-0.4, -0.2) is 41.1 Å². The second-order valence-corrected chi connectivity index (χ2v) is 4.29. The quantitative estimate of drug-likeness (QED) is 0.822. The summed E-state index contributed by atoms with van der Waals surface area (Å²) >= 11 is 0. The maximum Gasteiger partial charge on any atom is 0.407 e. The van der Waals surface area contributed by atoms with Crippen molar-refractivity contribution in [2.75, 3.05) is 6.54 Å². The first-order chi connectivity index (χ1) is 8.70. The Kier molecular flexibility index (Phi) is 3.94. The van der Waals surface area contributed by atoms with Crippen molar-refractivity contribution in [2.24, 2.45) is 0 Å². The molecule has 2 rings (SSSR count). The number of benzene rings is 1. The van der Waals surface area contributed by atoms with Gasteiger partial charge in [0.05, 0.1) is 25.3 Å². The third kappa shape index (κ3) is 2.87. The van der Waals surface area contributed by atoms with E-state index in [0.29, 0.717) is 19.3 Å². The molecule has 18 heavy (non-hydrogen) atoms. The van der Waals surface area contributed by atoms with Crippen LogP contribution in [0.4, 0.5) is 4.79 Å². The number of ether oxygens (including phenoxy) is 1. The molecular formula is C13H15NO4. The van der Waals surface area contributed by atoms with E-state index in [1.807, 2.05) is 30.3 Å². The second kappa shape index (κ2) is 5.64. The Labute approximate surface area is 105 Å². The van der Waals surface area contributed by atoms with Gasteiger partial charge in [-0.1, -0.05) is 30.3 Å². The number of hydrogen-bond acceptors (Lipinski definition) is 3. The Morgan fingerprint density at radius 2 is 2.17 bits per heavy atom. The van der Waals surface area contributed by atoms with Gasteiger partial charge in [-0.25, -0.2) is 4.79 Å². The Bertz CT molecular complexity index is 420. The van der Waals surface area contributed by atoms with Gasteiger partial charge in [0.25, 0.3) is 0 Å². The van der Waals surface area contributed by atoms with Crippen LogP contribution in [0.1, 0.15) is 12.0 Å². The standard InChI is InChI=1S/C13H15NO4/c15-8-11-6-12(7-14(11)13(16)17)18-9-10-4-2-1-3-5-10/h1-5,8,11-12H,6-7,9H2,(H,16,17). The Hall–Kier alpha value is -1.88. The molecule has 1 aliphatic rings. The molecule has 5 nitrogen and oxygen atoms in total. The number of carboxylic acid groups (broad SMARTS) is 1. The maximum absolute atomic E-state index is 10.9. The van der Waals surface area contributed by atoms with Crippen LogP contribution in [0.2, 0.25) is 0 Å². The fraction of sp³-hybridized carbons (Fsp3) is 0.385. The third-order valence-corrected chi connectivity index (χ3v) is 3.04. The summed E-state index contributed by atoms with van der Waals surface area (Å²) in [5.74, 6) is 0. The zero-order chi connectivity index (χ0) is 13.0. The van der Waals surface area contributed by atoms with Crippen LogP contribution in [0.3, 0.4) is 0 Å². The molecule has 0 bridgehead atoms. The number of likely N-dealkylation sites (tertiary alicyclic amines) is 1. The van der Waals surface area contributed by atoms with E-state index in [1.165, 1.54) is 0 Å². The van der Waals surface area contributed by atoms with Gasteiger partial charge in [0.15, 0.2) is 0 Å². The van der Waals surface area contributed by atoms with Gasteiger partial charge in [-0.05, 0) is 5.56 Å². The zero-order valence-electron chi connectivity index (χ0n) is 9.86. The fourth-order valence-corrected chi connectivity index (χ4v) is 2.08. The number of carbonyl (C=O) groups excluding carboxylic acids is 1. The Morgan fingerprint density at radius 3 is 2.72 bits per heavy atom. The highest BCUT2D eigenvalue weighted by molar-refractivity contribution is 5.72. The Morgan fingerprint density at radius 1 is 1.44 bits per heavy atom. The van der Waals surface area contributed by atoms with E-state index in [9.17, 15) is 9.59 Å².